The van der Waals surface area contributed by atoms with Crippen LogP contribution >= 0.6 is 0 Å². The number of hydroxylamine groups is 1. The molecule has 24 heavy (non-hydrogen) atoms. The van der Waals surface area contributed by atoms with Crippen molar-refractivity contribution in [2.24, 2.45) is 4.99 Å². The molecule has 2 aromatic rings. The van der Waals surface area contributed by atoms with E-state index in [0.29, 0.717) is 16.6 Å². The fourth-order valence-electron chi connectivity index (χ4n) is 2.43. The molecule has 0 spiro atoms. The molecule has 0 fully saturated rings. The molecule has 0 saturated carbocycles. The Morgan fingerprint density at radius 1 is 1.25 bits per heavy atom. The van der Waals surface area contributed by atoms with Crippen molar-refractivity contribution in [3.8, 4) is 0 Å². The van der Waals surface area contributed by atoms with Crippen molar-refractivity contribution < 1.29 is 13.6 Å². The van der Waals surface area contributed by atoms with Gasteiger partial charge in [-0.2, -0.15) is 0 Å². The number of fused-ring (bicyclic) bond motifs is 1. The Morgan fingerprint density at radius 3 is 2.71 bits per heavy atom. The Balaban J connectivity index is 2.18. The third kappa shape index (κ3) is 3.23. The zero-order valence-electron chi connectivity index (χ0n) is 13.0. The molecule has 0 amide bonds. The van der Waals surface area contributed by atoms with Crippen LogP contribution in [0.3, 0.4) is 0 Å². The highest BCUT2D eigenvalue weighted by Gasteiger charge is 2.17. The number of hydrogen-bond acceptors (Lipinski definition) is 5. The summed E-state index contributed by atoms with van der Waals surface area (Å²) in [6.07, 6.45) is 4.73. The number of para-hydroxylation sites is 1. The van der Waals surface area contributed by atoms with Crippen LogP contribution in [0.4, 0.5) is 11.4 Å². The highest BCUT2D eigenvalue weighted by Crippen LogP contribution is 2.13. The Labute approximate surface area is 140 Å². The second kappa shape index (κ2) is 6.56. The maximum Gasteiger partial charge on any atom is 0.241 e. The number of aliphatic imine (C=N–C) groups is 1. The highest BCUT2D eigenvalue weighted by molar-refractivity contribution is 7.89. The van der Waals surface area contributed by atoms with Gasteiger partial charge in [-0.05, 0) is 30.3 Å². The molecule has 2 N–H and O–H groups in total. The molecule has 6 nitrogen and oxygen atoms in total. The van der Waals surface area contributed by atoms with Crippen molar-refractivity contribution >= 4 is 39.9 Å². The lowest BCUT2D eigenvalue weighted by Crippen LogP contribution is -2.31. The van der Waals surface area contributed by atoms with Crippen LogP contribution in [-0.4, -0.2) is 26.4 Å². The third-order valence-electron chi connectivity index (χ3n) is 3.53. The minimum Gasteiger partial charge on any atom is -0.284 e. The van der Waals surface area contributed by atoms with Crippen molar-refractivity contribution in [3.05, 3.63) is 52.9 Å². The van der Waals surface area contributed by atoms with Crippen molar-refractivity contribution in [2.45, 2.75) is 11.8 Å². The van der Waals surface area contributed by atoms with E-state index < -0.39 is 10.0 Å². The van der Waals surface area contributed by atoms with E-state index in [2.05, 4.69) is 9.71 Å². The van der Waals surface area contributed by atoms with E-state index in [4.69, 9.17) is 0 Å². The molecule has 0 aromatic heterocycles. The van der Waals surface area contributed by atoms with Gasteiger partial charge in [0.05, 0.1) is 16.3 Å². The Kier molecular flexibility index (Phi) is 4.48. The molecule has 0 radical (unpaired) electrons. The van der Waals surface area contributed by atoms with Gasteiger partial charge in [-0.3, -0.25) is 10.2 Å². The van der Waals surface area contributed by atoms with E-state index in [-0.39, 0.29) is 11.4 Å². The number of rotatable bonds is 5. The molecule has 0 unspecified atom stereocenters. The summed E-state index contributed by atoms with van der Waals surface area (Å²) in [6.45, 7) is 1.99. The molecule has 0 aliphatic carbocycles. The molecule has 1 aliphatic heterocycles. The average molecular weight is 343 g/mol. The SMILES string of the molecule is CCNS(=O)(=O)c1cc2c(c/c1=C\N(O)c1ccccc1)N=CC=2. The molecular weight excluding hydrogens is 326 g/mol. The van der Waals surface area contributed by atoms with Crippen LogP contribution in [0.15, 0.2) is 52.4 Å². The van der Waals surface area contributed by atoms with Crippen molar-refractivity contribution in [3.63, 3.8) is 0 Å². The predicted octanol–water partition coefficient (Wildman–Crippen LogP) is 1.11. The second-order valence-electron chi connectivity index (χ2n) is 5.20. The van der Waals surface area contributed by atoms with Gasteiger partial charge in [-0.25, -0.2) is 18.2 Å². The summed E-state index contributed by atoms with van der Waals surface area (Å²) in [4.78, 5) is 4.29. The first-order valence-electron chi connectivity index (χ1n) is 7.44. The van der Waals surface area contributed by atoms with Crippen LogP contribution < -0.4 is 20.2 Å². The first kappa shape index (κ1) is 16.4. The zero-order chi connectivity index (χ0) is 17.2. The number of nitrogens with one attached hydrogen (secondary N) is 1. The Hall–Kier alpha value is -2.48. The normalized spacial score (nSPS) is 13.7. The summed E-state index contributed by atoms with van der Waals surface area (Å²) in [5.41, 5.74) is 1.19. The molecule has 0 bridgehead atoms. The molecule has 3 rings (SSSR count). The Bertz CT molecular complexity index is 999. The van der Waals surface area contributed by atoms with Gasteiger partial charge in [0.15, 0.2) is 0 Å². The minimum absolute atomic E-state index is 0.0971. The lowest BCUT2D eigenvalue weighted by atomic mass is 10.2. The molecule has 1 aliphatic rings. The highest BCUT2D eigenvalue weighted by atomic mass is 32.2. The van der Waals surface area contributed by atoms with E-state index in [9.17, 15) is 13.6 Å². The van der Waals surface area contributed by atoms with Crippen molar-refractivity contribution in [1.82, 2.24) is 4.72 Å². The van der Waals surface area contributed by atoms with E-state index in [1.165, 1.54) is 6.20 Å². The van der Waals surface area contributed by atoms with E-state index in [0.717, 1.165) is 10.3 Å². The maximum atomic E-state index is 12.5. The number of sulfonamides is 1. The van der Waals surface area contributed by atoms with Crippen LogP contribution in [0, 0.1) is 0 Å². The van der Waals surface area contributed by atoms with Gasteiger partial charge in [0.2, 0.25) is 10.0 Å². The predicted molar refractivity (Wildman–Crippen MR) is 94.3 cm³/mol. The molecular formula is C17H17N3O3S. The first-order chi connectivity index (χ1) is 11.5. The van der Waals surface area contributed by atoms with Gasteiger partial charge >= 0.3 is 0 Å². The zero-order valence-corrected chi connectivity index (χ0v) is 13.9. The fourth-order valence-corrected chi connectivity index (χ4v) is 3.67. The van der Waals surface area contributed by atoms with E-state index in [1.807, 2.05) is 6.07 Å². The maximum absolute atomic E-state index is 12.5. The van der Waals surface area contributed by atoms with Crippen LogP contribution in [0.5, 0.6) is 0 Å². The molecule has 0 atom stereocenters. The van der Waals surface area contributed by atoms with E-state index >= 15 is 0 Å². The summed E-state index contributed by atoms with van der Waals surface area (Å²) in [6, 6.07) is 12.0. The number of benzene rings is 2. The molecule has 1 heterocycles. The van der Waals surface area contributed by atoms with Gasteiger partial charge in [-0.15, -0.1) is 0 Å². The van der Waals surface area contributed by atoms with Crippen LogP contribution in [0.2, 0.25) is 0 Å². The van der Waals surface area contributed by atoms with Gasteiger partial charge in [0.1, 0.15) is 0 Å². The summed E-state index contributed by atoms with van der Waals surface area (Å²) in [5.74, 6) is 0. The number of hydrogen-bond donors (Lipinski definition) is 2. The topological polar surface area (TPSA) is 82.0 Å². The first-order valence-corrected chi connectivity index (χ1v) is 8.93. The standard InChI is InChI=1S/C17H17N3O3S/c1-2-19-24(22,23)17-11-13-8-9-18-16(13)10-14(17)12-20(21)15-6-4-3-5-7-15/h3-12,19,21H,2H2,1H3/b14-12+. The quantitative estimate of drug-likeness (QED) is 0.797. The minimum atomic E-state index is -3.68. The molecule has 124 valence electrons. The van der Waals surface area contributed by atoms with E-state index in [1.54, 1.807) is 55.6 Å². The Morgan fingerprint density at radius 2 is 2.00 bits per heavy atom. The largest absolute Gasteiger partial charge is 0.284 e. The van der Waals surface area contributed by atoms with Crippen LogP contribution in [0.25, 0.3) is 12.3 Å². The van der Waals surface area contributed by atoms with Gasteiger partial charge in [0, 0.05) is 29.4 Å². The lowest BCUT2D eigenvalue weighted by Gasteiger charge is -2.13. The van der Waals surface area contributed by atoms with Crippen molar-refractivity contribution in [1.29, 1.82) is 0 Å². The summed E-state index contributed by atoms with van der Waals surface area (Å²) < 4.78 is 27.4. The smallest absolute Gasteiger partial charge is 0.241 e. The van der Waals surface area contributed by atoms with Crippen molar-refractivity contribution in [2.75, 3.05) is 11.6 Å². The van der Waals surface area contributed by atoms with Crippen LogP contribution in [-0.2, 0) is 10.0 Å². The monoisotopic (exact) mass is 343 g/mol. The molecule has 7 heteroatoms. The van der Waals surface area contributed by atoms with Gasteiger partial charge in [-0.1, -0.05) is 25.1 Å². The number of anilines is 1. The fraction of sp³-hybridized carbons (Fsp3) is 0.118. The van der Waals surface area contributed by atoms with Gasteiger partial charge in [0.25, 0.3) is 0 Å². The number of nitrogens with zero attached hydrogens (tertiary/aromatic N) is 2. The van der Waals surface area contributed by atoms with Crippen LogP contribution in [0.1, 0.15) is 6.92 Å². The lowest BCUT2D eigenvalue weighted by molar-refractivity contribution is 0.309. The average Bonchev–Trinajstić information content (AvgIpc) is 3.02. The molecule has 2 aromatic carbocycles. The van der Waals surface area contributed by atoms with Gasteiger partial charge < -0.3 is 0 Å². The molecule has 0 saturated heterocycles. The third-order valence-corrected chi connectivity index (χ3v) is 5.13. The summed E-state index contributed by atoms with van der Waals surface area (Å²) in [7, 11) is -3.68. The second-order valence-corrected chi connectivity index (χ2v) is 6.94. The summed E-state index contributed by atoms with van der Waals surface area (Å²) in [5, 5.41) is 12.2. The summed E-state index contributed by atoms with van der Waals surface area (Å²) >= 11 is 0.